The number of aliphatic carboxylic acids is 1. The van der Waals surface area contributed by atoms with Gasteiger partial charge in [-0.3, -0.25) is 19.2 Å². The maximum absolute atomic E-state index is 12.9. The van der Waals surface area contributed by atoms with Gasteiger partial charge >= 0.3 is 5.97 Å². The largest absolute Gasteiger partial charge is 0.496 e. The highest BCUT2D eigenvalue weighted by molar-refractivity contribution is 9.10. The molecule has 2 aromatic carbocycles. The summed E-state index contributed by atoms with van der Waals surface area (Å²) in [5, 5.41) is 20.0. The SMILES string of the molecule is COc1ccc(S(=O)(=O)N(CC(=O)O)c2cccc([N+](=O)[O-])c2)cc1Br. The standard InChI is InChI=1S/C15H13BrN2O7S/c1-25-14-6-5-12(8-13(14)16)26(23,24)17(9-15(19)20)10-3-2-4-11(7-10)18(21)22/h2-8H,9H2,1H3,(H,19,20). The van der Waals surface area contributed by atoms with E-state index in [1.54, 1.807) is 0 Å². The zero-order chi connectivity index (χ0) is 19.5. The third-order valence-electron chi connectivity index (χ3n) is 3.32. The zero-order valence-electron chi connectivity index (χ0n) is 13.3. The maximum atomic E-state index is 12.9. The molecule has 138 valence electrons. The molecule has 0 aliphatic heterocycles. The van der Waals surface area contributed by atoms with Crippen LogP contribution in [0, 0.1) is 10.1 Å². The van der Waals surface area contributed by atoms with Crippen LogP contribution >= 0.6 is 15.9 Å². The third kappa shape index (κ3) is 4.11. The minimum atomic E-state index is -4.29. The minimum Gasteiger partial charge on any atom is -0.496 e. The van der Waals surface area contributed by atoms with E-state index in [4.69, 9.17) is 9.84 Å². The number of carbonyl (C=O) groups is 1. The van der Waals surface area contributed by atoms with Gasteiger partial charge in [0.1, 0.15) is 12.3 Å². The van der Waals surface area contributed by atoms with E-state index in [1.807, 2.05) is 0 Å². The summed E-state index contributed by atoms with van der Waals surface area (Å²) >= 11 is 3.17. The van der Waals surface area contributed by atoms with Crippen LogP contribution in [0.5, 0.6) is 5.75 Å². The Kier molecular flexibility index (Phi) is 5.83. The predicted molar refractivity (Wildman–Crippen MR) is 96.0 cm³/mol. The molecule has 0 amide bonds. The Morgan fingerprint density at radius 1 is 1.31 bits per heavy atom. The average molecular weight is 445 g/mol. The van der Waals surface area contributed by atoms with Crippen molar-refractivity contribution in [2.45, 2.75) is 4.90 Å². The van der Waals surface area contributed by atoms with E-state index in [0.29, 0.717) is 14.5 Å². The number of rotatable bonds is 7. The molecule has 0 unspecified atom stereocenters. The number of benzene rings is 2. The topological polar surface area (TPSA) is 127 Å². The average Bonchev–Trinajstić information content (AvgIpc) is 2.59. The van der Waals surface area contributed by atoms with Gasteiger partial charge in [0.15, 0.2) is 0 Å². The van der Waals surface area contributed by atoms with Crippen molar-refractivity contribution in [3.63, 3.8) is 0 Å². The summed E-state index contributed by atoms with van der Waals surface area (Å²) in [5.74, 6) is -1.02. The fraction of sp³-hybridized carbons (Fsp3) is 0.133. The predicted octanol–water partition coefficient (Wildman–Crippen LogP) is 2.65. The lowest BCUT2D eigenvalue weighted by Gasteiger charge is -2.23. The molecule has 0 saturated carbocycles. The maximum Gasteiger partial charge on any atom is 0.324 e. The van der Waals surface area contributed by atoms with Crippen molar-refractivity contribution in [3.05, 3.63) is 57.1 Å². The molecule has 0 aliphatic carbocycles. The van der Waals surface area contributed by atoms with E-state index in [9.17, 15) is 23.3 Å². The van der Waals surface area contributed by atoms with Crippen molar-refractivity contribution in [1.82, 2.24) is 0 Å². The first kappa shape index (κ1) is 19.7. The van der Waals surface area contributed by atoms with Gasteiger partial charge in [-0.05, 0) is 40.2 Å². The van der Waals surface area contributed by atoms with Crippen LogP contribution in [0.2, 0.25) is 0 Å². The second-order valence-corrected chi connectivity index (χ2v) is 7.70. The van der Waals surface area contributed by atoms with Crippen LogP contribution in [-0.4, -0.2) is 38.1 Å². The van der Waals surface area contributed by atoms with Gasteiger partial charge in [-0.25, -0.2) is 8.42 Å². The highest BCUT2D eigenvalue weighted by atomic mass is 79.9. The van der Waals surface area contributed by atoms with Crippen molar-refractivity contribution in [1.29, 1.82) is 0 Å². The quantitative estimate of drug-likeness (QED) is 0.513. The van der Waals surface area contributed by atoms with Gasteiger partial charge in [0.05, 0.1) is 27.1 Å². The molecular weight excluding hydrogens is 432 g/mol. The Hall–Kier alpha value is -2.66. The van der Waals surface area contributed by atoms with E-state index in [-0.39, 0.29) is 16.3 Å². The number of nitro groups is 1. The number of hydrogen-bond acceptors (Lipinski definition) is 6. The van der Waals surface area contributed by atoms with E-state index in [1.165, 1.54) is 43.5 Å². The molecule has 26 heavy (non-hydrogen) atoms. The van der Waals surface area contributed by atoms with Crippen molar-refractivity contribution < 1.29 is 28.0 Å². The van der Waals surface area contributed by atoms with Gasteiger partial charge < -0.3 is 9.84 Å². The molecule has 1 N–H and O–H groups in total. The van der Waals surface area contributed by atoms with Crippen molar-refractivity contribution in [2.24, 2.45) is 0 Å². The monoisotopic (exact) mass is 444 g/mol. The van der Waals surface area contributed by atoms with Crippen molar-refractivity contribution >= 4 is 43.3 Å². The van der Waals surface area contributed by atoms with Gasteiger partial charge in [0, 0.05) is 12.1 Å². The number of carboxylic acids is 1. The summed E-state index contributed by atoms with van der Waals surface area (Å²) in [7, 11) is -2.88. The molecule has 0 radical (unpaired) electrons. The molecule has 9 nitrogen and oxygen atoms in total. The number of anilines is 1. The van der Waals surface area contributed by atoms with Gasteiger partial charge in [-0.15, -0.1) is 0 Å². The van der Waals surface area contributed by atoms with Crippen LogP contribution in [0.4, 0.5) is 11.4 Å². The highest BCUT2D eigenvalue weighted by Crippen LogP contribution is 2.31. The molecule has 0 aromatic heterocycles. The Labute approximate surface area is 157 Å². The highest BCUT2D eigenvalue weighted by Gasteiger charge is 2.28. The van der Waals surface area contributed by atoms with Crippen LogP contribution < -0.4 is 9.04 Å². The van der Waals surface area contributed by atoms with E-state index in [2.05, 4.69) is 15.9 Å². The number of non-ortho nitro benzene ring substituents is 1. The molecule has 0 heterocycles. The number of nitro benzene ring substituents is 1. The molecule has 0 fully saturated rings. The first-order valence-corrected chi connectivity index (χ1v) is 9.22. The molecule has 2 aromatic rings. The van der Waals surface area contributed by atoms with Crippen molar-refractivity contribution in [2.75, 3.05) is 18.0 Å². The number of ether oxygens (including phenoxy) is 1. The van der Waals surface area contributed by atoms with Gasteiger partial charge in [0.25, 0.3) is 15.7 Å². The van der Waals surface area contributed by atoms with E-state index >= 15 is 0 Å². The molecule has 0 spiro atoms. The molecule has 11 heteroatoms. The number of nitrogens with zero attached hydrogens (tertiary/aromatic N) is 2. The normalized spacial score (nSPS) is 11.0. The van der Waals surface area contributed by atoms with Crippen LogP contribution in [0.25, 0.3) is 0 Å². The Morgan fingerprint density at radius 3 is 2.54 bits per heavy atom. The van der Waals surface area contributed by atoms with E-state index < -0.39 is 27.5 Å². The van der Waals surface area contributed by atoms with Crippen LogP contribution in [0.3, 0.4) is 0 Å². The van der Waals surface area contributed by atoms with Crippen LogP contribution in [-0.2, 0) is 14.8 Å². The van der Waals surface area contributed by atoms with E-state index in [0.717, 1.165) is 6.07 Å². The van der Waals surface area contributed by atoms with Gasteiger partial charge in [0.2, 0.25) is 0 Å². The Balaban J connectivity index is 2.58. The smallest absolute Gasteiger partial charge is 0.324 e. The first-order chi connectivity index (χ1) is 12.2. The van der Waals surface area contributed by atoms with Gasteiger partial charge in [-0.1, -0.05) is 6.07 Å². The number of sulfonamides is 1. The summed E-state index contributed by atoms with van der Waals surface area (Å²) in [4.78, 5) is 21.2. The molecule has 0 aliphatic rings. The third-order valence-corrected chi connectivity index (χ3v) is 5.71. The first-order valence-electron chi connectivity index (χ1n) is 6.99. The number of methoxy groups -OCH3 is 1. The Morgan fingerprint density at radius 2 is 2.00 bits per heavy atom. The molecule has 0 saturated heterocycles. The van der Waals surface area contributed by atoms with Crippen LogP contribution in [0.1, 0.15) is 0 Å². The summed E-state index contributed by atoms with van der Waals surface area (Å²) in [5.41, 5.74) is -0.488. The summed E-state index contributed by atoms with van der Waals surface area (Å²) in [6.07, 6.45) is 0. The molecule has 0 bridgehead atoms. The Bertz CT molecular complexity index is 962. The minimum absolute atomic E-state index is 0.131. The number of halogens is 1. The fourth-order valence-electron chi connectivity index (χ4n) is 2.13. The summed E-state index contributed by atoms with van der Waals surface area (Å²) < 4.78 is 31.9. The number of carboxylic acid groups (broad SMARTS) is 1. The molecule has 2 rings (SSSR count). The van der Waals surface area contributed by atoms with Crippen LogP contribution in [0.15, 0.2) is 51.8 Å². The lowest BCUT2D eigenvalue weighted by molar-refractivity contribution is -0.384. The fourth-order valence-corrected chi connectivity index (χ4v) is 4.26. The second-order valence-electron chi connectivity index (χ2n) is 4.98. The summed E-state index contributed by atoms with van der Waals surface area (Å²) in [6.45, 7) is -0.896. The lowest BCUT2D eigenvalue weighted by Crippen LogP contribution is -2.35. The van der Waals surface area contributed by atoms with Crippen molar-refractivity contribution in [3.8, 4) is 5.75 Å². The number of hydrogen-bond donors (Lipinski definition) is 1. The second kappa shape index (κ2) is 7.70. The van der Waals surface area contributed by atoms with Gasteiger partial charge in [-0.2, -0.15) is 0 Å². The lowest BCUT2D eigenvalue weighted by atomic mass is 10.3. The molecular formula is C15H13BrN2O7S. The zero-order valence-corrected chi connectivity index (χ0v) is 15.7. The molecule has 0 atom stereocenters. The summed E-state index contributed by atoms with van der Waals surface area (Å²) in [6, 6.07) is 8.67.